The maximum atomic E-state index is 12.9. The van der Waals surface area contributed by atoms with E-state index in [2.05, 4.69) is 0 Å². The SMILES string of the molecule is COc1cc(C(=O)Oc2ccc3c(c2C)O/C(=C\c2sccc2C)C3=O)cc(OC)c1OC. The first-order chi connectivity index (χ1) is 15.9. The van der Waals surface area contributed by atoms with Gasteiger partial charge in [0.05, 0.1) is 32.5 Å². The zero-order valence-electron chi connectivity index (χ0n) is 18.8. The van der Waals surface area contributed by atoms with Crippen molar-refractivity contribution in [3.8, 4) is 28.7 Å². The summed E-state index contributed by atoms with van der Waals surface area (Å²) in [5, 5.41) is 1.96. The van der Waals surface area contributed by atoms with Crippen LogP contribution in [0.15, 0.2) is 41.5 Å². The number of aryl methyl sites for hydroxylation is 1. The highest BCUT2D eigenvalue weighted by Crippen LogP contribution is 2.41. The number of ether oxygens (including phenoxy) is 5. The Labute approximate surface area is 195 Å². The number of rotatable bonds is 6. The van der Waals surface area contributed by atoms with Crippen molar-refractivity contribution in [2.45, 2.75) is 13.8 Å². The lowest BCUT2D eigenvalue weighted by atomic mass is 10.1. The zero-order valence-corrected chi connectivity index (χ0v) is 19.6. The number of carbonyl (C=O) groups is 2. The summed E-state index contributed by atoms with van der Waals surface area (Å²) in [6.45, 7) is 3.71. The summed E-state index contributed by atoms with van der Waals surface area (Å²) < 4.78 is 27.4. The maximum Gasteiger partial charge on any atom is 0.343 e. The quantitative estimate of drug-likeness (QED) is 0.280. The molecule has 0 radical (unpaired) electrons. The number of ketones is 1. The molecule has 2 heterocycles. The fraction of sp³-hybridized carbons (Fsp3) is 0.200. The van der Waals surface area contributed by atoms with Gasteiger partial charge in [-0.05, 0) is 55.1 Å². The number of hydrogen-bond donors (Lipinski definition) is 0. The molecule has 0 saturated carbocycles. The van der Waals surface area contributed by atoms with Crippen molar-refractivity contribution in [3.05, 3.63) is 68.6 Å². The third-order valence-corrected chi connectivity index (χ3v) is 6.27. The number of allylic oxidation sites excluding steroid dienone is 1. The molecule has 3 aromatic rings. The van der Waals surface area contributed by atoms with Crippen LogP contribution < -0.4 is 23.7 Å². The summed E-state index contributed by atoms with van der Waals surface area (Å²) in [4.78, 5) is 26.7. The van der Waals surface area contributed by atoms with Crippen molar-refractivity contribution >= 4 is 29.2 Å². The second-order valence-electron chi connectivity index (χ2n) is 7.28. The lowest BCUT2D eigenvalue weighted by Gasteiger charge is -2.14. The molecule has 1 aliphatic rings. The van der Waals surface area contributed by atoms with Gasteiger partial charge in [0.15, 0.2) is 17.3 Å². The molecule has 1 aromatic heterocycles. The first-order valence-electron chi connectivity index (χ1n) is 10.0. The first-order valence-corrected chi connectivity index (χ1v) is 10.9. The summed E-state index contributed by atoms with van der Waals surface area (Å²) in [5.74, 6) is 1.13. The Morgan fingerprint density at radius 3 is 2.24 bits per heavy atom. The average Bonchev–Trinajstić information content (AvgIpc) is 3.37. The minimum atomic E-state index is -0.619. The van der Waals surface area contributed by atoms with Crippen LogP contribution in [0.25, 0.3) is 6.08 Å². The van der Waals surface area contributed by atoms with E-state index in [0.29, 0.717) is 34.1 Å². The predicted molar refractivity (Wildman–Crippen MR) is 124 cm³/mol. The number of Topliss-reactive ketones (excluding diaryl/α,β-unsaturated/α-hetero) is 1. The van der Waals surface area contributed by atoms with Gasteiger partial charge in [0.2, 0.25) is 11.5 Å². The van der Waals surface area contributed by atoms with Crippen molar-refractivity contribution < 1.29 is 33.3 Å². The van der Waals surface area contributed by atoms with Gasteiger partial charge >= 0.3 is 5.97 Å². The number of benzene rings is 2. The van der Waals surface area contributed by atoms with Crippen molar-refractivity contribution in [3.63, 3.8) is 0 Å². The van der Waals surface area contributed by atoms with Gasteiger partial charge in [0.1, 0.15) is 11.5 Å². The van der Waals surface area contributed by atoms with Gasteiger partial charge < -0.3 is 23.7 Å². The summed E-state index contributed by atoms with van der Waals surface area (Å²) >= 11 is 1.53. The Bertz CT molecular complexity index is 1260. The molecule has 8 heteroatoms. The molecular formula is C25H22O7S. The highest BCUT2D eigenvalue weighted by atomic mass is 32.1. The van der Waals surface area contributed by atoms with E-state index in [-0.39, 0.29) is 22.9 Å². The molecule has 0 spiro atoms. The zero-order chi connectivity index (χ0) is 23.7. The molecule has 0 fully saturated rings. The molecule has 1 aliphatic heterocycles. The van der Waals surface area contributed by atoms with Crippen LogP contribution in [0.5, 0.6) is 28.7 Å². The van der Waals surface area contributed by atoms with Crippen LogP contribution in [-0.2, 0) is 0 Å². The standard InChI is InChI=1S/C25H22O7S/c1-13-8-9-33-21(13)12-18-22(26)16-6-7-17(14(2)23(16)31-18)32-25(27)15-10-19(28-3)24(30-5)20(11-15)29-4/h6-12H,1-5H3/b18-12-. The van der Waals surface area contributed by atoms with Crippen LogP contribution in [0.4, 0.5) is 0 Å². The van der Waals surface area contributed by atoms with Gasteiger partial charge in [-0.15, -0.1) is 11.3 Å². The Balaban J connectivity index is 1.63. The topological polar surface area (TPSA) is 80.3 Å². The number of methoxy groups -OCH3 is 3. The third-order valence-electron chi connectivity index (χ3n) is 5.30. The van der Waals surface area contributed by atoms with E-state index in [1.165, 1.54) is 44.8 Å². The lowest BCUT2D eigenvalue weighted by Crippen LogP contribution is -2.10. The number of hydrogen-bond acceptors (Lipinski definition) is 8. The largest absolute Gasteiger partial charge is 0.493 e. The molecule has 0 atom stereocenters. The predicted octanol–water partition coefficient (Wildman–Crippen LogP) is 5.23. The van der Waals surface area contributed by atoms with Crippen LogP contribution >= 0.6 is 11.3 Å². The monoisotopic (exact) mass is 466 g/mol. The van der Waals surface area contributed by atoms with E-state index in [0.717, 1.165) is 10.4 Å². The number of carbonyl (C=O) groups excluding carboxylic acids is 2. The van der Waals surface area contributed by atoms with Crippen LogP contribution in [0.3, 0.4) is 0 Å². The molecule has 0 N–H and O–H groups in total. The highest BCUT2D eigenvalue weighted by molar-refractivity contribution is 7.11. The van der Waals surface area contributed by atoms with Crippen LogP contribution in [-0.4, -0.2) is 33.1 Å². The Morgan fingerprint density at radius 2 is 1.67 bits per heavy atom. The van der Waals surface area contributed by atoms with E-state index in [4.69, 9.17) is 23.7 Å². The van der Waals surface area contributed by atoms with Crippen LogP contribution in [0.1, 0.15) is 36.7 Å². The Hall–Kier alpha value is -3.78. The van der Waals surface area contributed by atoms with E-state index >= 15 is 0 Å². The lowest BCUT2D eigenvalue weighted by molar-refractivity contribution is 0.0732. The maximum absolute atomic E-state index is 12.9. The molecule has 0 bridgehead atoms. The van der Waals surface area contributed by atoms with E-state index in [1.807, 2.05) is 18.4 Å². The van der Waals surface area contributed by atoms with Gasteiger partial charge in [-0.2, -0.15) is 0 Å². The average molecular weight is 467 g/mol. The second-order valence-corrected chi connectivity index (χ2v) is 8.22. The van der Waals surface area contributed by atoms with Crippen LogP contribution in [0, 0.1) is 13.8 Å². The van der Waals surface area contributed by atoms with Crippen molar-refractivity contribution in [2.24, 2.45) is 0 Å². The van der Waals surface area contributed by atoms with Gasteiger partial charge in [-0.25, -0.2) is 4.79 Å². The molecule has 0 amide bonds. The highest BCUT2D eigenvalue weighted by Gasteiger charge is 2.31. The number of fused-ring (bicyclic) bond motifs is 1. The molecule has 0 unspecified atom stereocenters. The number of thiophene rings is 1. The Kier molecular flexibility index (Phi) is 6.11. The molecule has 4 rings (SSSR count). The third kappa shape index (κ3) is 4.05. The van der Waals surface area contributed by atoms with Crippen molar-refractivity contribution in [1.29, 1.82) is 0 Å². The molecular weight excluding hydrogens is 444 g/mol. The minimum Gasteiger partial charge on any atom is -0.493 e. The van der Waals surface area contributed by atoms with Crippen molar-refractivity contribution in [1.82, 2.24) is 0 Å². The Morgan fingerprint density at radius 1 is 0.970 bits per heavy atom. The van der Waals surface area contributed by atoms with Gasteiger partial charge in [-0.3, -0.25) is 4.79 Å². The van der Waals surface area contributed by atoms with Gasteiger partial charge in [-0.1, -0.05) is 0 Å². The minimum absolute atomic E-state index is 0.205. The fourth-order valence-corrected chi connectivity index (χ4v) is 4.34. The molecule has 170 valence electrons. The molecule has 7 nitrogen and oxygen atoms in total. The van der Waals surface area contributed by atoms with E-state index in [9.17, 15) is 9.59 Å². The molecule has 0 saturated heterocycles. The van der Waals surface area contributed by atoms with E-state index < -0.39 is 5.97 Å². The van der Waals surface area contributed by atoms with E-state index in [1.54, 1.807) is 25.1 Å². The van der Waals surface area contributed by atoms with Crippen LogP contribution in [0.2, 0.25) is 0 Å². The number of esters is 1. The van der Waals surface area contributed by atoms with Gasteiger partial charge in [0.25, 0.3) is 0 Å². The summed E-state index contributed by atoms with van der Waals surface area (Å²) in [5.41, 5.74) is 2.26. The molecule has 33 heavy (non-hydrogen) atoms. The molecule has 0 aliphatic carbocycles. The van der Waals surface area contributed by atoms with Crippen molar-refractivity contribution in [2.75, 3.05) is 21.3 Å². The second kappa shape index (κ2) is 8.99. The first kappa shape index (κ1) is 22.4. The fourth-order valence-electron chi connectivity index (χ4n) is 3.49. The summed E-state index contributed by atoms with van der Waals surface area (Å²) in [6.07, 6.45) is 1.74. The molecule has 2 aromatic carbocycles. The summed E-state index contributed by atoms with van der Waals surface area (Å²) in [6, 6.07) is 8.19. The summed E-state index contributed by atoms with van der Waals surface area (Å²) in [7, 11) is 4.42. The smallest absolute Gasteiger partial charge is 0.343 e. The van der Waals surface area contributed by atoms with Gasteiger partial charge in [0, 0.05) is 16.5 Å². The normalized spacial score (nSPS) is 13.5.